The highest BCUT2D eigenvalue weighted by atomic mass is 15.1. The molecule has 2 N–H and O–H groups in total. The zero-order valence-electron chi connectivity index (χ0n) is 12.2. The number of hydrogen-bond acceptors (Lipinski definition) is 4. The molecular weight excluding hydrogens is 248 g/mol. The molecule has 0 amide bonds. The Morgan fingerprint density at radius 3 is 2.40 bits per heavy atom. The van der Waals surface area contributed by atoms with Gasteiger partial charge in [0.1, 0.15) is 5.82 Å². The third-order valence-corrected chi connectivity index (χ3v) is 3.70. The van der Waals surface area contributed by atoms with E-state index in [1.165, 1.54) is 24.0 Å². The molecule has 1 aromatic heterocycles. The lowest BCUT2D eigenvalue weighted by atomic mass is 10.1. The van der Waals surface area contributed by atoms with E-state index < -0.39 is 0 Å². The van der Waals surface area contributed by atoms with E-state index >= 15 is 0 Å². The van der Waals surface area contributed by atoms with Crippen LogP contribution >= 0.6 is 0 Å². The third kappa shape index (κ3) is 2.59. The van der Waals surface area contributed by atoms with Gasteiger partial charge in [-0.05, 0) is 37.8 Å². The first-order chi connectivity index (χ1) is 9.67. The van der Waals surface area contributed by atoms with Gasteiger partial charge in [0.15, 0.2) is 0 Å². The van der Waals surface area contributed by atoms with Crippen LogP contribution in [0.5, 0.6) is 0 Å². The average Bonchev–Trinajstić information content (AvgIpc) is 3.27. The molecule has 4 nitrogen and oxygen atoms in total. The second-order valence-corrected chi connectivity index (χ2v) is 5.42. The fourth-order valence-electron chi connectivity index (χ4n) is 2.37. The average molecular weight is 268 g/mol. The molecular formula is C16H20N4. The van der Waals surface area contributed by atoms with Crippen molar-refractivity contribution in [1.29, 1.82) is 0 Å². The minimum Gasteiger partial charge on any atom is -0.357 e. The first-order valence-electron chi connectivity index (χ1n) is 7.07. The molecule has 1 aliphatic carbocycles. The zero-order chi connectivity index (χ0) is 14.1. The van der Waals surface area contributed by atoms with E-state index in [1.54, 1.807) is 0 Å². The Kier molecular flexibility index (Phi) is 3.30. The smallest absolute Gasteiger partial charge is 0.224 e. The minimum absolute atomic E-state index is 0.614. The summed E-state index contributed by atoms with van der Waals surface area (Å²) in [5, 5.41) is 6.49. The van der Waals surface area contributed by atoms with E-state index in [4.69, 9.17) is 0 Å². The Hall–Kier alpha value is -2.10. The summed E-state index contributed by atoms with van der Waals surface area (Å²) in [6.45, 7) is 4.22. The van der Waals surface area contributed by atoms with Crippen LogP contribution < -0.4 is 10.6 Å². The predicted octanol–water partition coefficient (Wildman–Crippen LogP) is 3.76. The Balaban J connectivity index is 1.95. The van der Waals surface area contributed by atoms with Gasteiger partial charge in [-0.2, -0.15) is 4.98 Å². The molecule has 104 valence electrons. The number of benzene rings is 1. The zero-order valence-corrected chi connectivity index (χ0v) is 12.2. The standard InChI is InChI=1S/C16H20N4/c1-10-5-4-6-11(2)15(10)19-14-9-13(12-7-8-12)18-16(17-3)20-14/h4-6,9,12H,7-8H2,1-3H3,(H2,17,18,19,20). The third-order valence-electron chi connectivity index (χ3n) is 3.70. The molecule has 0 radical (unpaired) electrons. The van der Waals surface area contributed by atoms with Gasteiger partial charge in [0, 0.05) is 24.7 Å². The second-order valence-electron chi connectivity index (χ2n) is 5.42. The van der Waals surface area contributed by atoms with Gasteiger partial charge in [0.2, 0.25) is 5.95 Å². The van der Waals surface area contributed by atoms with Crippen LogP contribution in [0.4, 0.5) is 17.5 Å². The monoisotopic (exact) mass is 268 g/mol. The van der Waals surface area contributed by atoms with Gasteiger partial charge in [-0.1, -0.05) is 18.2 Å². The highest BCUT2D eigenvalue weighted by molar-refractivity contribution is 5.65. The maximum absolute atomic E-state index is 4.54. The van der Waals surface area contributed by atoms with Gasteiger partial charge in [-0.25, -0.2) is 4.98 Å². The highest BCUT2D eigenvalue weighted by Crippen LogP contribution is 2.40. The molecule has 20 heavy (non-hydrogen) atoms. The van der Waals surface area contributed by atoms with E-state index in [-0.39, 0.29) is 0 Å². The fraction of sp³-hybridized carbons (Fsp3) is 0.375. The normalized spacial score (nSPS) is 14.2. The lowest BCUT2D eigenvalue weighted by molar-refractivity contribution is 0.991. The second kappa shape index (κ2) is 5.12. The molecule has 0 bridgehead atoms. The molecule has 1 aliphatic rings. The van der Waals surface area contributed by atoms with Crippen molar-refractivity contribution in [3.8, 4) is 0 Å². The molecule has 3 rings (SSSR count). The molecule has 4 heteroatoms. The molecule has 1 heterocycles. The van der Waals surface area contributed by atoms with E-state index in [2.05, 4.69) is 58.7 Å². The van der Waals surface area contributed by atoms with Gasteiger partial charge in [0.25, 0.3) is 0 Å². The van der Waals surface area contributed by atoms with Gasteiger partial charge in [-0.3, -0.25) is 0 Å². The number of anilines is 3. The van der Waals surface area contributed by atoms with Crippen LogP contribution in [0.1, 0.15) is 35.6 Å². The maximum Gasteiger partial charge on any atom is 0.224 e. The molecule has 0 aliphatic heterocycles. The minimum atomic E-state index is 0.614. The highest BCUT2D eigenvalue weighted by Gasteiger charge is 2.26. The summed E-state index contributed by atoms with van der Waals surface area (Å²) in [7, 11) is 1.86. The van der Waals surface area contributed by atoms with Crippen LogP contribution in [0.3, 0.4) is 0 Å². The van der Waals surface area contributed by atoms with Crippen molar-refractivity contribution in [3.05, 3.63) is 41.1 Å². The lowest BCUT2D eigenvalue weighted by Gasteiger charge is -2.13. The summed E-state index contributed by atoms with van der Waals surface area (Å²) in [5.74, 6) is 2.16. The van der Waals surface area contributed by atoms with Crippen LogP contribution in [0.2, 0.25) is 0 Å². The Morgan fingerprint density at radius 2 is 1.80 bits per heavy atom. The predicted molar refractivity (Wildman–Crippen MR) is 82.8 cm³/mol. The van der Waals surface area contributed by atoms with Crippen LogP contribution in [-0.4, -0.2) is 17.0 Å². The van der Waals surface area contributed by atoms with Crippen molar-refractivity contribution in [2.45, 2.75) is 32.6 Å². The Bertz CT molecular complexity index is 612. The van der Waals surface area contributed by atoms with E-state index in [0.29, 0.717) is 11.9 Å². The molecule has 0 atom stereocenters. The molecule has 0 spiro atoms. The maximum atomic E-state index is 4.54. The van der Waals surface area contributed by atoms with Gasteiger partial charge in [0.05, 0.1) is 5.69 Å². The van der Waals surface area contributed by atoms with Crippen molar-refractivity contribution in [3.63, 3.8) is 0 Å². The molecule has 1 fully saturated rings. The number of nitrogens with zero attached hydrogens (tertiary/aromatic N) is 2. The quantitative estimate of drug-likeness (QED) is 0.886. The van der Waals surface area contributed by atoms with Crippen LogP contribution in [0.15, 0.2) is 24.3 Å². The number of nitrogens with one attached hydrogen (secondary N) is 2. The topological polar surface area (TPSA) is 49.8 Å². The first-order valence-corrected chi connectivity index (χ1v) is 7.07. The number of aromatic nitrogens is 2. The lowest BCUT2D eigenvalue weighted by Crippen LogP contribution is -2.04. The molecule has 0 unspecified atom stereocenters. The summed E-state index contributed by atoms with van der Waals surface area (Å²) in [6, 6.07) is 8.36. The first kappa shape index (κ1) is 12.9. The summed E-state index contributed by atoms with van der Waals surface area (Å²) in [4.78, 5) is 9.04. The van der Waals surface area contributed by atoms with Crippen LogP contribution in [0.25, 0.3) is 0 Å². The SMILES string of the molecule is CNc1nc(Nc2c(C)cccc2C)cc(C2CC2)n1. The summed E-state index contributed by atoms with van der Waals surface area (Å²) >= 11 is 0. The van der Waals surface area contributed by atoms with Gasteiger partial charge in [-0.15, -0.1) is 0 Å². The van der Waals surface area contributed by atoms with Gasteiger partial charge < -0.3 is 10.6 Å². The van der Waals surface area contributed by atoms with E-state index in [1.807, 2.05) is 7.05 Å². The Morgan fingerprint density at radius 1 is 1.10 bits per heavy atom. The molecule has 0 saturated heterocycles. The largest absolute Gasteiger partial charge is 0.357 e. The van der Waals surface area contributed by atoms with Crippen molar-refractivity contribution >= 4 is 17.5 Å². The van der Waals surface area contributed by atoms with E-state index in [9.17, 15) is 0 Å². The van der Waals surface area contributed by atoms with Crippen LogP contribution in [0, 0.1) is 13.8 Å². The molecule has 2 aromatic rings. The van der Waals surface area contributed by atoms with Crippen molar-refractivity contribution in [2.75, 3.05) is 17.7 Å². The summed E-state index contributed by atoms with van der Waals surface area (Å²) in [6.07, 6.45) is 2.48. The number of aryl methyl sites for hydroxylation is 2. The summed E-state index contributed by atoms with van der Waals surface area (Å²) < 4.78 is 0. The summed E-state index contributed by atoms with van der Waals surface area (Å²) in [5.41, 5.74) is 4.72. The molecule has 1 saturated carbocycles. The van der Waals surface area contributed by atoms with Crippen molar-refractivity contribution in [2.24, 2.45) is 0 Å². The van der Waals surface area contributed by atoms with Crippen molar-refractivity contribution in [1.82, 2.24) is 9.97 Å². The number of hydrogen-bond donors (Lipinski definition) is 2. The number of para-hydroxylation sites is 1. The van der Waals surface area contributed by atoms with E-state index in [0.717, 1.165) is 17.2 Å². The fourth-order valence-corrected chi connectivity index (χ4v) is 2.37. The van der Waals surface area contributed by atoms with Crippen molar-refractivity contribution < 1.29 is 0 Å². The Labute approximate surface area is 119 Å². The van der Waals surface area contributed by atoms with Gasteiger partial charge >= 0.3 is 0 Å². The van der Waals surface area contributed by atoms with Crippen LogP contribution in [-0.2, 0) is 0 Å². The number of rotatable bonds is 4. The molecule has 1 aromatic carbocycles.